The van der Waals surface area contributed by atoms with Gasteiger partial charge in [-0.2, -0.15) is 0 Å². The van der Waals surface area contributed by atoms with E-state index in [4.69, 9.17) is 4.74 Å². The summed E-state index contributed by atoms with van der Waals surface area (Å²) < 4.78 is 4.99. The highest BCUT2D eigenvalue weighted by Crippen LogP contribution is 2.18. The zero-order valence-electron chi connectivity index (χ0n) is 8.27. The highest BCUT2D eigenvalue weighted by Gasteiger charge is 2.21. The third kappa shape index (κ3) is 2.70. The number of carbonyl (C=O) groups is 1. The van der Waals surface area contributed by atoms with Crippen LogP contribution < -0.4 is 5.32 Å². The van der Waals surface area contributed by atoms with Crippen LogP contribution in [0.15, 0.2) is 24.3 Å². The summed E-state index contributed by atoms with van der Waals surface area (Å²) >= 11 is 0. The van der Waals surface area contributed by atoms with E-state index in [-0.39, 0.29) is 11.7 Å². The van der Waals surface area contributed by atoms with Gasteiger partial charge in [0.25, 0.3) is 0 Å². The first-order valence-electron chi connectivity index (χ1n) is 4.90. The Morgan fingerprint density at radius 1 is 1.53 bits per heavy atom. The molecule has 0 spiro atoms. The van der Waals surface area contributed by atoms with E-state index >= 15 is 0 Å². The van der Waals surface area contributed by atoms with Crippen LogP contribution in [-0.4, -0.2) is 24.2 Å². The number of aromatic hydroxyl groups is 1. The quantitative estimate of drug-likeness (QED) is 0.787. The molecule has 1 saturated heterocycles. The zero-order valence-corrected chi connectivity index (χ0v) is 8.27. The normalized spacial score (nSPS) is 15.7. The van der Waals surface area contributed by atoms with Crippen molar-refractivity contribution in [3.05, 3.63) is 24.3 Å². The number of ether oxygens (including phenoxy) is 1. The molecule has 0 radical (unpaired) electrons. The van der Waals surface area contributed by atoms with Crippen molar-refractivity contribution >= 4 is 11.6 Å². The molecule has 1 aromatic rings. The number of hydrogen-bond acceptors (Lipinski definition) is 3. The standard InChI is InChI=1S/C11H13NO3/c13-10-3-1-2-9(5-10)12-11(14)4-8-6-15-7-8/h1-3,5,8,13H,4,6-7H2,(H,12,14). The minimum atomic E-state index is -0.0334. The first-order valence-corrected chi connectivity index (χ1v) is 4.90. The third-order valence-corrected chi connectivity index (χ3v) is 2.31. The second-order valence-corrected chi connectivity index (χ2v) is 3.71. The zero-order chi connectivity index (χ0) is 10.7. The fourth-order valence-corrected chi connectivity index (χ4v) is 1.46. The molecule has 1 aliphatic rings. The summed E-state index contributed by atoms with van der Waals surface area (Å²) in [6, 6.07) is 6.52. The van der Waals surface area contributed by atoms with E-state index < -0.39 is 0 Å². The Bertz CT molecular complexity index is 361. The van der Waals surface area contributed by atoms with Gasteiger partial charge < -0.3 is 15.2 Å². The van der Waals surface area contributed by atoms with Crippen LogP contribution in [0.25, 0.3) is 0 Å². The minimum Gasteiger partial charge on any atom is -0.508 e. The van der Waals surface area contributed by atoms with Crippen LogP contribution in [0, 0.1) is 5.92 Å². The number of phenols is 1. The first kappa shape index (κ1) is 9.98. The number of benzene rings is 1. The van der Waals surface area contributed by atoms with Crippen LogP contribution in [0.2, 0.25) is 0 Å². The molecule has 0 aromatic heterocycles. The Labute approximate surface area is 87.9 Å². The molecule has 0 atom stereocenters. The van der Waals surface area contributed by atoms with E-state index in [1.807, 2.05) is 0 Å². The molecule has 80 valence electrons. The number of phenolic OH excluding ortho intramolecular Hbond substituents is 1. The van der Waals surface area contributed by atoms with Crippen molar-refractivity contribution in [1.29, 1.82) is 0 Å². The maximum atomic E-state index is 11.5. The highest BCUT2D eigenvalue weighted by atomic mass is 16.5. The monoisotopic (exact) mass is 207 g/mol. The van der Waals surface area contributed by atoms with E-state index in [9.17, 15) is 9.90 Å². The molecule has 15 heavy (non-hydrogen) atoms. The Balaban J connectivity index is 1.87. The number of rotatable bonds is 3. The summed E-state index contributed by atoms with van der Waals surface area (Å²) in [6.07, 6.45) is 0.482. The van der Waals surface area contributed by atoms with E-state index in [0.29, 0.717) is 31.2 Å². The summed E-state index contributed by atoms with van der Waals surface area (Å²) in [4.78, 5) is 11.5. The van der Waals surface area contributed by atoms with Crippen molar-refractivity contribution in [2.45, 2.75) is 6.42 Å². The van der Waals surface area contributed by atoms with Crippen LogP contribution in [0.4, 0.5) is 5.69 Å². The molecule has 1 heterocycles. The van der Waals surface area contributed by atoms with E-state index in [1.54, 1.807) is 18.2 Å². The van der Waals surface area contributed by atoms with Crippen LogP contribution in [-0.2, 0) is 9.53 Å². The van der Waals surface area contributed by atoms with E-state index in [1.165, 1.54) is 6.07 Å². The van der Waals surface area contributed by atoms with Gasteiger partial charge in [0.15, 0.2) is 0 Å². The molecule has 4 heteroatoms. The highest BCUT2D eigenvalue weighted by molar-refractivity contribution is 5.91. The lowest BCUT2D eigenvalue weighted by Crippen LogP contribution is -2.31. The first-order chi connectivity index (χ1) is 7.24. The Kier molecular flexibility index (Phi) is 2.87. The minimum absolute atomic E-state index is 0.0334. The maximum absolute atomic E-state index is 11.5. The molecule has 2 rings (SSSR count). The van der Waals surface area contributed by atoms with Gasteiger partial charge in [-0.15, -0.1) is 0 Å². The molecule has 4 nitrogen and oxygen atoms in total. The lowest BCUT2D eigenvalue weighted by molar-refractivity contribution is -0.121. The van der Waals surface area contributed by atoms with Crippen molar-refractivity contribution in [2.24, 2.45) is 5.92 Å². The number of amides is 1. The largest absolute Gasteiger partial charge is 0.508 e. The van der Waals surface area contributed by atoms with Crippen molar-refractivity contribution < 1.29 is 14.6 Å². The number of anilines is 1. The third-order valence-electron chi connectivity index (χ3n) is 2.31. The average molecular weight is 207 g/mol. The van der Waals surface area contributed by atoms with Crippen molar-refractivity contribution in [1.82, 2.24) is 0 Å². The fourth-order valence-electron chi connectivity index (χ4n) is 1.46. The van der Waals surface area contributed by atoms with Gasteiger partial charge in [-0.25, -0.2) is 0 Å². The molecule has 0 unspecified atom stereocenters. The van der Waals surface area contributed by atoms with Crippen molar-refractivity contribution in [3.8, 4) is 5.75 Å². The summed E-state index contributed by atoms with van der Waals surface area (Å²) in [7, 11) is 0. The summed E-state index contributed by atoms with van der Waals surface area (Å²) in [5.41, 5.74) is 0.625. The SMILES string of the molecule is O=C(CC1COC1)Nc1cccc(O)c1. The van der Waals surface area contributed by atoms with Crippen molar-refractivity contribution in [2.75, 3.05) is 18.5 Å². The molecule has 1 fully saturated rings. The van der Waals surface area contributed by atoms with Crippen LogP contribution in [0.1, 0.15) is 6.42 Å². The predicted octanol–water partition coefficient (Wildman–Crippen LogP) is 1.37. The summed E-state index contributed by atoms with van der Waals surface area (Å²) in [5, 5.41) is 11.9. The molecule has 1 aromatic carbocycles. The van der Waals surface area contributed by atoms with Gasteiger partial charge in [0, 0.05) is 24.1 Å². The molecule has 2 N–H and O–H groups in total. The second-order valence-electron chi connectivity index (χ2n) is 3.71. The Morgan fingerprint density at radius 3 is 2.93 bits per heavy atom. The van der Waals surface area contributed by atoms with Crippen LogP contribution in [0.5, 0.6) is 5.75 Å². The van der Waals surface area contributed by atoms with Gasteiger partial charge in [-0.05, 0) is 12.1 Å². The lowest BCUT2D eigenvalue weighted by atomic mass is 10.0. The number of carbonyl (C=O) groups excluding carboxylic acids is 1. The van der Waals surface area contributed by atoms with E-state index in [0.717, 1.165) is 0 Å². The van der Waals surface area contributed by atoms with E-state index in [2.05, 4.69) is 5.32 Å². The van der Waals surface area contributed by atoms with Gasteiger partial charge in [0.2, 0.25) is 5.91 Å². The van der Waals surface area contributed by atoms with Crippen molar-refractivity contribution in [3.63, 3.8) is 0 Å². The molecule has 1 amide bonds. The number of hydrogen-bond donors (Lipinski definition) is 2. The summed E-state index contributed by atoms with van der Waals surface area (Å²) in [5.74, 6) is 0.469. The van der Waals surface area contributed by atoms with Crippen LogP contribution in [0.3, 0.4) is 0 Å². The van der Waals surface area contributed by atoms with Crippen LogP contribution >= 0.6 is 0 Å². The van der Waals surface area contributed by atoms with Gasteiger partial charge in [-0.3, -0.25) is 4.79 Å². The average Bonchev–Trinajstić information content (AvgIpc) is 2.11. The molecule has 0 saturated carbocycles. The van der Waals surface area contributed by atoms with Gasteiger partial charge in [0.05, 0.1) is 13.2 Å². The molecule has 0 bridgehead atoms. The van der Waals surface area contributed by atoms with Gasteiger partial charge in [0.1, 0.15) is 5.75 Å². The smallest absolute Gasteiger partial charge is 0.224 e. The summed E-state index contributed by atoms with van der Waals surface area (Å²) in [6.45, 7) is 1.35. The molecule has 1 aliphatic heterocycles. The molecular formula is C11H13NO3. The number of nitrogens with one attached hydrogen (secondary N) is 1. The Morgan fingerprint density at radius 2 is 2.33 bits per heavy atom. The fraction of sp³-hybridized carbons (Fsp3) is 0.364. The molecular weight excluding hydrogens is 194 g/mol. The molecule has 0 aliphatic carbocycles. The maximum Gasteiger partial charge on any atom is 0.224 e. The second kappa shape index (κ2) is 4.31. The predicted molar refractivity (Wildman–Crippen MR) is 55.7 cm³/mol. The lowest BCUT2D eigenvalue weighted by Gasteiger charge is -2.25. The van der Waals surface area contributed by atoms with Gasteiger partial charge >= 0.3 is 0 Å². The topological polar surface area (TPSA) is 58.6 Å². The Hall–Kier alpha value is -1.55. The van der Waals surface area contributed by atoms with Gasteiger partial charge in [-0.1, -0.05) is 6.07 Å².